The van der Waals surface area contributed by atoms with Crippen molar-refractivity contribution in [3.63, 3.8) is 0 Å². The predicted octanol–water partition coefficient (Wildman–Crippen LogP) is 2.58. The predicted molar refractivity (Wildman–Crippen MR) is 88.6 cm³/mol. The van der Waals surface area contributed by atoms with Crippen molar-refractivity contribution in [3.8, 4) is 11.4 Å². The molecule has 3 aromatic rings. The second kappa shape index (κ2) is 7.38. The summed E-state index contributed by atoms with van der Waals surface area (Å²) in [5.41, 5.74) is 0.505. The SMILES string of the molecule is CC(C)Cn1nnnc1SCc1nc(-c2cccc([N+](=O)[O-])c2)no1. The maximum Gasteiger partial charge on any atom is 0.270 e. The number of tetrazole rings is 1. The molecule has 0 saturated carbocycles. The number of rotatable bonds is 7. The van der Waals surface area contributed by atoms with Gasteiger partial charge in [-0.05, 0) is 16.3 Å². The monoisotopic (exact) mass is 361 g/mol. The minimum Gasteiger partial charge on any atom is -0.338 e. The van der Waals surface area contributed by atoms with Gasteiger partial charge in [0, 0.05) is 24.2 Å². The summed E-state index contributed by atoms with van der Waals surface area (Å²) < 4.78 is 6.94. The zero-order valence-corrected chi connectivity index (χ0v) is 14.4. The van der Waals surface area contributed by atoms with E-state index in [0.29, 0.717) is 34.1 Å². The molecule has 0 unspecified atom stereocenters. The van der Waals surface area contributed by atoms with Crippen LogP contribution >= 0.6 is 11.8 Å². The van der Waals surface area contributed by atoms with Crippen molar-refractivity contribution < 1.29 is 9.45 Å². The van der Waals surface area contributed by atoms with Crippen LogP contribution in [0.15, 0.2) is 33.9 Å². The van der Waals surface area contributed by atoms with Crippen molar-refractivity contribution in [1.29, 1.82) is 0 Å². The molecule has 2 aromatic heterocycles. The molecule has 0 amide bonds. The Bertz CT molecular complexity index is 877. The maximum atomic E-state index is 10.8. The van der Waals surface area contributed by atoms with Crippen molar-refractivity contribution in [1.82, 2.24) is 30.3 Å². The molecule has 3 rings (SSSR count). The Morgan fingerprint density at radius 3 is 3.00 bits per heavy atom. The third kappa shape index (κ3) is 4.18. The maximum absolute atomic E-state index is 10.8. The number of thioether (sulfide) groups is 1. The average Bonchev–Trinajstić information content (AvgIpc) is 3.22. The summed E-state index contributed by atoms with van der Waals surface area (Å²) in [5.74, 6) is 1.53. The van der Waals surface area contributed by atoms with Crippen LogP contribution in [-0.4, -0.2) is 35.3 Å². The van der Waals surface area contributed by atoms with Crippen LogP contribution in [-0.2, 0) is 12.3 Å². The zero-order chi connectivity index (χ0) is 17.8. The normalized spacial score (nSPS) is 11.2. The van der Waals surface area contributed by atoms with Gasteiger partial charge in [0.2, 0.25) is 16.9 Å². The summed E-state index contributed by atoms with van der Waals surface area (Å²) in [6, 6.07) is 6.09. The van der Waals surface area contributed by atoms with Crippen LogP contribution in [0.4, 0.5) is 5.69 Å². The van der Waals surface area contributed by atoms with Gasteiger partial charge in [-0.15, -0.1) is 5.10 Å². The van der Waals surface area contributed by atoms with Gasteiger partial charge in [-0.3, -0.25) is 10.1 Å². The molecule has 0 aliphatic rings. The van der Waals surface area contributed by atoms with Crippen LogP contribution in [0.25, 0.3) is 11.4 Å². The highest BCUT2D eigenvalue weighted by Gasteiger charge is 2.14. The second-order valence-electron chi connectivity index (χ2n) is 5.65. The molecule has 0 radical (unpaired) electrons. The highest BCUT2D eigenvalue weighted by Crippen LogP contribution is 2.24. The standard InChI is InChI=1S/C14H15N7O3S/c1-9(2)7-20-14(16-18-19-20)25-8-12-15-13(17-24-12)10-4-3-5-11(6-10)21(22)23/h3-6,9H,7-8H2,1-2H3. The first-order valence-corrected chi connectivity index (χ1v) is 8.48. The summed E-state index contributed by atoms with van der Waals surface area (Å²) in [5, 5.41) is 27.0. The van der Waals surface area contributed by atoms with Gasteiger partial charge < -0.3 is 4.52 Å². The molecule has 10 nitrogen and oxygen atoms in total. The van der Waals surface area contributed by atoms with E-state index in [-0.39, 0.29) is 5.69 Å². The van der Waals surface area contributed by atoms with Crippen molar-refractivity contribution in [3.05, 3.63) is 40.3 Å². The lowest BCUT2D eigenvalue weighted by molar-refractivity contribution is -0.384. The number of non-ortho nitro benzene ring substituents is 1. The first-order chi connectivity index (χ1) is 12.0. The van der Waals surface area contributed by atoms with E-state index < -0.39 is 4.92 Å². The van der Waals surface area contributed by atoms with E-state index in [9.17, 15) is 10.1 Å². The molecule has 0 bridgehead atoms. The molecule has 0 fully saturated rings. The third-order valence-corrected chi connectivity index (χ3v) is 4.09. The van der Waals surface area contributed by atoms with E-state index >= 15 is 0 Å². The van der Waals surface area contributed by atoms with Gasteiger partial charge in [0.15, 0.2) is 0 Å². The van der Waals surface area contributed by atoms with Crippen LogP contribution < -0.4 is 0 Å². The molecule has 0 atom stereocenters. The van der Waals surface area contributed by atoms with Crippen LogP contribution in [0, 0.1) is 16.0 Å². The number of hydrogen-bond donors (Lipinski definition) is 0. The van der Waals surface area contributed by atoms with Gasteiger partial charge in [-0.2, -0.15) is 4.98 Å². The van der Waals surface area contributed by atoms with E-state index in [2.05, 4.69) is 39.5 Å². The molecular formula is C14H15N7O3S. The van der Waals surface area contributed by atoms with Gasteiger partial charge in [-0.25, -0.2) is 4.68 Å². The van der Waals surface area contributed by atoms with E-state index in [1.807, 2.05) is 0 Å². The van der Waals surface area contributed by atoms with E-state index in [1.54, 1.807) is 16.8 Å². The molecule has 0 aliphatic heterocycles. The molecule has 0 N–H and O–H groups in total. The van der Waals surface area contributed by atoms with Crippen LogP contribution in [0.1, 0.15) is 19.7 Å². The fourth-order valence-electron chi connectivity index (χ4n) is 2.08. The Hall–Kier alpha value is -2.82. The van der Waals surface area contributed by atoms with Crippen LogP contribution in [0.2, 0.25) is 0 Å². The fourth-order valence-corrected chi connectivity index (χ4v) is 2.80. The van der Waals surface area contributed by atoms with E-state index in [4.69, 9.17) is 4.52 Å². The molecule has 0 aliphatic carbocycles. The summed E-state index contributed by atoms with van der Waals surface area (Å²) in [6.07, 6.45) is 0. The van der Waals surface area contributed by atoms with E-state index in [1.165, 1.54) is 23.9 Å². The Morgan fingerprint density at radius 1 is 1.40 bits per heavy atom. The first-order valence-electron chi connectivity index (χ1n) is 7.49. The van der Waals surface area contributed by atoms with Crippen molar-refractivity contribution in [2.24, 2.45) is 5.92 Å². The summed E-state index contributed by atoms with van der Waals surface area (Å²) in [7, 11) is 0. The highest BCUT2D eigenvalue weighted by atomic mass is 32.2. The number of nitro groups is 1. The molecule has 1 aromatic carbocycles. The Morgan fingerprint density at radius 2 is 2.24 bits per heavy atom. The van der Waals surface area contributed by atoms with E-state index in [0.717, 1.165) is 6.54 Å². The Balaban J connectivity index is 1.69. The topological polar surface area (TPSA) is 126 Å². The third-order valence-electron chi connectivity index (χ3n) is 3.15. The molecule has 0 saturated heterocycles. The molecule has 11 heteroatoms. The number of benzene rings is 1. The lowest BCUT2D eigenvalue weighted by Crippen LogP contribution is -2.07. The minimum absolute atomic E-state index is 0.0221. The number of nitrogens with zero attached hydrogens (tertiary/aromatic N) is 7. The Kier molecular flexibility index (Phi) is 5.03. The minimum atomic E-state index is -0.463. The zero-order valence-electron chi connectivity index (χ0n) is 13.6. The number of nitro benzene ring substituents is 1. The van der Waals surface area contributed by atoms with Gasteiger partial charge in [0.1, 0.15) is 0 Å². The lowest BCUT2D eigenvalue weighted by Gasteiger charge is -2.05. The summed E-state index contributed by atoms with van der Waals surface area (Å²) in [6.45, 7) is 4.89. The fraction of sp³-hybridized carbons (Fsp3) is 0.357. The second-order valence-corrected chi connectivity index (χ2v) is 6.59. The number of aromatic nitrogens is 6. The van der Waals surface area contributed by atoms with Gasteiger partial charge in [-0.1, -0.05) is 42.9 Å². The van der Waals surface area contributed by atoms with Gasteiger partial charge in [0.25, 0.3) is 5.69 Å². The van der Waals surface area contributed by atoms with Crippen LogP contribution in [0.5, 0.6) is 0 Å². The summed E-state index contributed by atoms with van der Waals surface area (Å²) in [4.78, 5) is 14.7. The van der Waals surface area contributed by atoms with Crippen molar-refractivity contribution in [2.75, 3.05) is 0 Å². The Labute approximate surface area is 146 Å². The smallest absolute Gasteiger partial charge is 0.270 e. The van der Waals surface area contributed by atoms with Gasteiger partial charge >= 0.3 is 0 Å². The number of hydrogen-bond acceptors (Lipinski definition) is 9. The quantitative estimate of drug-likeness (QED) is 0.354. The molecule has 0 spiro atoms. The largest absolute Gasteiger partial charge is 0.338 e. The highest BCUT2D eigenvalue weighted by molar-refractivity contribution is 7.98. The van der Waals surface area contributed by atoms with Crippen LogP contribution in [0.3, 0.4) is 0 Å². The van der Waals surface area contributed by atoms with Crippen molar-refractivity contribution >= 4 is 17.4 Å². The summed E-state index contributed by atoms with van der Waals surface area (Å²) >= 11 is 1.39. The average molecular weight is 361 g/mol. The van der Waals surface area contributed by atoms with Gasteiger partial charge in [0.05, 0.1) is 10.7 Å². The molecule has 130 valence electrons. The first kappa shape index (κ1) is 17.0. The van der Waals surface area contributed by atoms with Crippen molar-refractivity contribution in [2.45, 2.75) is 31.3 Å². The molecule has 2 heterocycles. The molecule has 25 heavy (non-hydrogen) atoms. The lowest BCUT2D eigenvalue weighted by atomic mass is 10.2. The molecular weight excluding hydrogens is 346 g/mol.